The number of carbonyl (C=O) groups excluding carboxylic acids is 1. The molecule has 0 unspecified atom stereocenters. The third-order valence-corrected chi connectivity index (χ3v) is 2.88. The van der Waals surface area contributed by atoms with Gasteiger partial charge in [-0.1, -0.05) is 12.1 Å². The van der Waals surface area contributed by atoms with Crippen LogP contribution in [-0.4, -0.2) is 48.0 Å². The highest BCUT2D eigenvalue weighted by molar-refractivity contribution is 6.03. The largest absolute Gasteiger partial charge is 0.353 e. The molecule has 0 saturated heterocycles. The molecule has 0 saturated carbocycles. The Balaban J connectivity index is 1.95. The van der Waals surface area contributed by atoms with Crippen LogP contribution in [-0.2, 0) is 0 Å². The molecule has 0 spiro atoms. The summed E-state index contributed by atoms with van der Waals surface area (Å²) >= 11 is 0. The lowest BCUT2D eigenvalue weighted by molar-refractivity contribution is 0.102. The topological polar surface area (TPSA) is 70.2 Å². The van der Waals surface area contributed by atoms with Crippen LogP contribution in [0.4, 0.5) is 16.0 Å². The van der Waals surface area contributed by atoms with Crippen molar-refractivity contribution in [1.82, 2.24) is 14.9 Å². The number of benzene rings is 1. The van der Waals surface area contributed by atoms with Gasteiger partial charge in [-0.05, 0) is 26.2 Å². The molecule has 0 atom stereocenters. The van der Waals surface area contributed by atoms with E-state index in [4.69, 9.17) is 0 Å². The van der Waals surface area contributed by atoms with E-state index in [1.807, 2.05) is 19.0 Å². The number of likely N-dealkylation sites (N-methyl/N-ethyl adjacent to an activating group) is 1. The van der Waals surface area contributed by atoms with Gasteiger partial charge < -0.3 is 15.5 Å². The predicted molar refractivity (Wildman–Crippen MR) is 83.4 cm³/mol. The van der Waals surface area contributed by atoms with E-state index in [0.717, 1.165) is 6.54 Å². The molecular weight excluding hydrogens is 285 g/mol. The van der Waals surface area contributed by atoms with Gasteiger partial charge in [0.2, 0.25) is 5.95 Å². The van der Waals surface area contributed by atoms with Crippen LogP contribution in [0.3, 0.4) is 0 Å². The number of rotatable bonds is 6. The fourth-order valence-corrected chi connectivity index (χ4v) is 1.68. The Hall–Kier alpha value is -2.54. The molecule has 0 aliphatic carbocycles. The van der Waals surface area contributed by atoms with Gasteiger partial charge in [0.25, 0.3) is 5.91 Å². The van der Waals surface area contributed by atoms with Gasteiger partial charge in [-0.25, -0.2) is 14.4 Å². The monoisotopic (exact) mass is 303 g/mol. The zero-order chi connectivity index (χ0) is 15.9. The molecule has 1 amide bonds. The number of para-hydroxylation sites is 1. The molecule has 0 radical (unpaired) electrons. The highest BCUT2D eigenvalue weighted by Crippen LogP contribution is 2.13. The standard InChI is InChI=1S/C15H18FN5O/c1-21(2)8-7-17-15-18-9-11(10-19-15)14(22)20-13-6-4-3-5-12(13)16/h3-6,9-10H,7-8H2,1-2H3,(H,20,22)(H,17,18,19). The fourth-order valence-electron chi connectivity index (χ4n) is 1.68. The van der Waals surface area contributed by atoms with E-state index < -0.39 is 11.7 Å². The van der Waals surface area contributed by atoms with Crippen molar-refractivity contribution in [3.63, 3.8) is 0 Å². The van der Waals surface area contributed by atoms with Crippen LogP contribution in [0, 0.1) is 5.82 Å². The van der Waals surface area contributed by atoms with Gasteiger partial charge >= 0.3 is 0 Å². The van der Waals surface area contributed by atoms with Crippen molar-refractivity contribution < 1.29 is 9.18 Å². The zero-order valence-corrected chi connectivity index (χ0v) is 12.5. The minimum Gasteiger partial charge on any atom is -0.353 e. The minimum atomic E-state index is -0.487. The van der Waals surface area contributed by atoms with Gasteiger partial charge in [0, 0.05) is 25.5 Å². The van der Waals surface area contributed by atoms with Crippen LogP contribution in [0.15, 0.2) is 36.7 Å². The average Bonchev–Trinajstić information content (AvgIpc) is 2.50. The number of hydrogen-bond acceptors (Lipinski definition) is 5. The summed E-state index contributed by atoms with van der Waals surface area (Å²) in [6.07, 6.45) is 2.81. The molecule has 6 nitrogen and oxygen atoms in total. The van der Waals surface area contributed by atoms with Crippen molar-refractivity contribution in [1.29, 1.82) is 0 Å². The first-order chi connectivity index (χ1) is 10.6. The summed E-state index contributed by atoms with van der Waals surface area (Å²) in [5.41, 5.74) is 0.391. The number of hydrogen-bond donors (Lipinski definition) is 2. The second-order valence-electron chi connectivity index (χ2n) is 4.96. The highest BCUT2D eigenvalue weighted by Gasteiger charge is 2.10. The first-order valence-corrected chi connectivity index (χ1v) is 6.83. The smallest absolute Gasteiger partial charge is 0.258 e. The van der Waals surface area contributed by atoms with Crippen molar-refractivity contribution in [2.75, 3.05) is 37.8 Å². The van der Waals surface area contributed by atoms with E-state index in [0.29, 0.717) is 12.5 Å². The van der Waals surface area contributed by atoms with E-state index in [9.17, 15) is 9.18 Å². The summed E-state index contributed by atoms with van der Waals surface area (Å²) in [6.45, 7) is 1.55. The molecule has 2 rings (SSSR count). The normalized spacial score (nSPS) is 10.5. The zero-order valence-electron chi connectivity index (χ0n) is 12.5. The Morgan fingerprint density at radius 1 is 1.23 bits per heavy atom. The van der Waals surface area contributed by atoms with E-state index >= 15 is 0 Å². The van der Waals surface area contributed by atoms with Crippen LogP contribution in [0.1, 0.15) is 10.4 Å². The van der Waals surface area contributed by atoms with E-state index in [1.54, 1.807) is 12.1 Å². The van der Waals surface area contributed by atoms with Gasteiger partial charge in [-0.3, -0.25) is 4.79 Å². The van der Waals surface area contributed by atoms with Crippen LogP contribution < -0.4 is 10.6 Å². The van der Waals surface area contributed by atoms with Gasteiger partial charge in [0.1, 0.15) is 5.82 Å². The van der Waals surface area contributed by atoms with E-state index in [-0.39, 0.29) is 11.3 Å². The highest BCUT2D eigenvalue weighted by atomic mass is 19.1. The van der Waals surface area contributed by atoms with Crippen LogP contribution in [0.25, 0.3) is 0 Å². The first-order valence-electron chi connectivity index (χ1n) is 6.83. The van der Waals surface area contributed by atoms with Gasteiger partial charge in [-0.15, -0.1) is 0 Å². The van der Waals surface area contributed by atoms with Crippen molar-refractivity contribution in [2.24, 2.45) is 0 Å². The number of carbonyl (C=O) groups is 1. The average molecular weight is 303 g/mol. The van der Waals surface area contributed by atoms with Crippen molar-refractivity contribution in [2.45, 2.75) is 0 Å². The Morgan fingerprint density at radius 2 is 1.91 bits per heavy atom. The van der Waals surface area contributed by atoms with E-state index in [2.05, 4.69) is 20.6 Å². The summed E-state index contributed by atoms with van der Waals surface area (Å²) in [5, 5.41) is 5.53. The summed E-state index contributed by atoms with van der Waals surface area (Å²) in [6, 6.07) is 5.98. The van der Waals surface area contributed by atoms with E-state index in [1.165, 1.54) is 24.5 Å². The maximum atomic E-state index is 13.5. The predicted octanol–water partition coefficient (Wildman–Crippen LogP) is 1.84. The molecule has 0 aliphatic rings. The van der Waals surface area contributed by atoms with Gasteiger partial charge in [0.15, 0.2) is 0 Å². The second-order valence-corrected chi connectivity index (χ2v) is 4.96. The molecule has 7 heteroatoms. The molecule has 2 N–H and O–H groups in total. The molecule has 22 heavy (non-hydrogen) atoms. The number of nitrogens with one attached hydrogen (secondary N) is 2. The molecule has 1 aromatic heterocycles. The molecule has 2 aromatic rings. The number of nitrogens with zero attached hydrogens (tertiary/aromatic N) is 3. The fraction of sp³-hybridized carbons (Fsp3) is 0.267. The third kappa shape index (κ3) is 4.49. The Morgan fingerprint density at radius 3 is 2.55 bits per heavy atom. The van der Waals surface area contributed by atoms with Crippen molar-refractivity contribution in [3.8, 4) is 0 Å². The molecule has 0 fully saturated rings. The Kier molecular flexibility index (Phi) is 5.37. The summed E-state index contributed by atoms with van der Waals surface area (Å²) in [7, 11) is 3.94. The van der Waals surface area contributed by atoms with Crippen LogP contribution >= 0.6 is 0 Å². The number of aromatic nitrogens is 2. The summed E-state index contributed by atoms with van der Waals surface area (Å²) < 4.78 is 13.5. The second kappa shape index (κ2) is 7.46. The lowest BCUT2D eigenvalue weighted by atomic mass is 10.2. The summed E-state index contributed by atoms with van der Waals surface area (Å²) in [4.78, 5) is 22.2. The third-order valence-electron chi connectivity index (χ3n) is 2.88. The number of halogens is 1. The van der Waals surface area contributed by atoms with Gasteiger partial charge in [0.05, 0.1) is 11.3 Å². The minimum absolute atomic E-state index is 0.126. The summed E-state index contributed by atoms with van der Waals surface area (Å²) in [5.74, 6) is -0.493. The SMILES string of the molecule is CN(C)CCNc1ncc(C(=O)Nc2ccccc2F)cn1. The van der Waals surface area contributed by atoms with Crippen molar-refractivity contribution in [3.05, 3.63) is 48.0 Å². The molecule has 0 aliphatic heterocycles. The lowest BCUT2D eigenvalue weighted by Crippen LogP contribution is -2.21. The van der Waals surface area contributed by atoms with Gasteiger partial charge in [-0.2, -0.15) is 0 Å². The van der Waals surface area contributed by atoms with Crippen LogP contribution in [0.5, 0.6) is 0 Å². The number of amides is 1. The molecule has 0 bridgehead atoms. The first kappa shape index (κ1) is 15.8. The Bertz CT molecular complexity index is 630. The lowest BCUT2D eigenvalue weighted by Gasteiger charge is -2.10. The maximum Gasteiger partial charge on any atom is 0.258 e. The Labute approximate surface area is 128 Å². The quantitative estimate of drug-likeness (QED) is 0.852. The number of anilines is 2. The molecule has 116 valence electrons. The van der Waals surface area contributed by atoms with Crippen LogP contribution in [0.2, 0.25) is 0 Å². The molecular formula is C15H18FN5O. The van der Waals surface area contributed by atoms with Crippen molar-refractivity contribution >= 4 is 17.5 Å². The maximum absolute atomic E-state index is 13.5. The molecule has 1 aromatic carbocycles. The molecule has 1 heterocycles.